The highest BCUT2D eigenvalue weighted by Gasteiger charge is 2.15. The Hall–Kier alpha value is -4.14. The van der Waals surface area contributed by atoms with Crippen molar-refractivity contribution in [1.82, 2.24) is 15.4 Å². The fourth-order valence-corrected chi connectivity index (χ4v) is 2.71. The molecule has 0 saturated carbocycles. The number of ether oxygens (including phenoxy) is 1. The van der Waals surface area contributed by atoms with Crippen LogP contribution in [0.4, 0.5) is 23.0 Å². The SMILES string of the molecule is CCOC(=O)c1ccccc1Nc1ncnc(NNC(=O)c2ccccc2C)c1N. The Morgan fingerprint density at radius 1 is 1.00 bits per heavy atom. The van der Waals surface area contributed by atoms with Crippen LogP contribution in [0.1, 0.15) is 33.2 Å². The molecule has 0 aliphatic carbocycles. The van der Waals surface area contributed by atoms with Crippen molar-refractivity contribution < 1.29 is 14.3 Å². The van der Waals surface area contributed by atoms with Gasteiger partial charge in [-0.2, -0.15) is 0 Å². The summed E-state index contributed by atoms with van der Waals surface area (Å²) in [4.78, 5) is 32.7. The second-order valence-corrected chi connectivity index (χ2v) is 6.27. The molecule has 9 nitrogen and oxygen atoms in total. The van der Waals surface area contributed by atoms with E-state index in [0.29, 0.717) is 16.8 Å². The van der Waals surface area contributed by atoms with Crippen molar-refractivity contribution in [2.75, 3.05) is 23.1 Å². The van der Waals surface area contributed by atoms with Gasteiger partial charge in [0.05, 0.1) is 17.9 Å². The lowest BCUT2D eigenvalue weighted by Gasteiger charge is -2.15. The maximum atomic E-state index is 12.4. The van der Waals surface area contributed by atoms with E-state index >= 15 is 0 Å². The minimum absolute atomic E-state index is 0.168. The summed E-state index contributed by atoms with van der Waals surface area (Å²) in [7, 11) is 0. The van der Waals surface area contributed by atoms with Crippen molar-refractivity contribution in [3.63, 3.8) is 0 Å². The molecule has 1 aromatic heterocycles. The minimum atomic E-state index is -0.461. The maximum Gasteiger partial charge on any atom is 0.340 e. The highest BCUT2D eigenvalue weighted by atomic mass is 16.5. The predicted molar refractivity (Wildman–Crippen MR) is 114 cm³/mol. The molecule has 5 N–H and O–H groups in total. The van der Waals surface area contributed by atoms with Gasteiger partial charge in [0.1, 0.15) is 12.0 Å². The topological polar surface area (TPSA) is 131 Å². The van der Waals surface area contributed by atoms with Crippen LogP contribution in [0.3, 0.4) is 0 Å². The molecule has 154 valence electrons. The third-order valence-electron chi connectivity index (χ3n) is 4.24. The van der Waals surface area contributed by atoms with Gasteiger partial charge in [0.15, 0.2) is 11.6 Å². The summed E-state index contributed by atoms with van der Waals surface area (Å²) in [5.41, 5.74) is 13.8. The molecule has 1 amide bonds. The standard InChI is InChI=1S/C21H22N6O3/c1-3-30-21(29)15-10-6-7-11-16(15)25-18-17(22)19(24-12-23-18)26-27-20(28)14-9-5-4-8-13(14)2/h4-12H,3,22H2,1-2H3,(H,27,28)(H2,23,24,25,26). The van der Waals surface area contributed by atoms with E-state index in [1.807, 2.05) is 19.1 Å². The molecule has 0 fully saturated rings. The van der Waals surface area contributed by atoms with Crippen LogP contribution in [-0.2, 0) is 4.74 Å². The number of amides is 1. The van der Waals surface area contributed by atoms with Crippen molar-refractivity contribution >= 4 is 34.9 Å². The summed E-state index contributed by atoms with van der Waals surface area (Å²) in [5.74, 6) is -0.303. The molecule has 0 saturated heterocycles. The first-order chi connectivity index (χ1) is 14.5. The van der Waals surface area contributed by atoms with Crippen molar-refractivity contribution in [3.05, 3.63) is 71.5 Å². The number of rotatable bonds is 7. The molecule has 0 aliphatic heterocycles. The summed E-state index contributed by atoms with van der Waals surface area (Å²) < 4.78 is 5.07. The molecule has 30 heavy (non-hydrogen) atoms. The van der Waals surface area contributed by atoms with E-state index < -0.39 is 5.97 Å². The third-order valence-corrected chi connectivity index (χ3v) is 4.24. The largest absolute Gasteiger partial charge is 0.462 e. The molecule has 3 rings (SSSR count). The van der Waals surface area contributed by atoms with E-state index in [1.54, 1.807) is 43.3 Å². The van der Waals surface area contributed by atoms with E-state index in [-0.39, 0.29) is 29.8 Å². The second kappa shape index (κ2) is 9.37. The van der Waals surface area contributed by atoms with E-state index in [2.05, 4.69) is 26.1 Å². The Morgan fingerprint density at radius 3 is 2.40 bits per heavy atom. The Bertz CT molecular complexity index is 1070. The number of nitrogen functional groups attached to an aromatic ring is 1. The van der Waals surface area contributed by atoms with Crippen LogP contribution in [0.25, 0.3) is 0 Å². The molecule has 0 bridgehead atoms. The van der Waals surface area contributed by atoms with Crippen molar-refractivity contribution in [2.24, 2.45) is 0 Å². The summed E-state index contributed by atoms with van der Waals surface area (Å²) in [5, 5.41) is 3.02. The Morgan fingerprint density at radius 2 is 1.67 bits per heavy atom. The molecule has 0 aliphatic rings. The Balaban J connectivity index is 1.77. The minimum Gasteiger partial charge on any atom is -0.462 e. The number of hydrogen-bond acceptors (Lipinski definition) is 8. The highest BCUT2D eigenvalue weighted by molar-refractivity contribution is 5.98. The summed E-state index contributed by atoms with van der Waals surface area (Å²) in [6, 6.07) is 14.0. The van der Waals surface area contributed by atoms with Gasteiger partial charge in [0.25, 0.3) is 5.91 Å². The van der Waals surface area contributed by atoms with Crippen molar-refractivity contribution in [2.45, 2.75) is 13.8 Å². The molecule has 3 aromatic rings. The molecule has 0 atom stereocenters. The average molecular weight is 406 g/mol. The first kappa shape index (κ1) is 20.6. The number of benzene rings is 2. The number of aryl methyl sites for hydroxylation is 1. The lowest BCUT2D eigenvalue weighted by molar-refractivity contribution is 0.0527. The van der Waals surface area contributed by atoms with Gasteiger partial charge in [-0.15, -0.1) is 0 Å². The van der Waals surface area contributed by atoms with Crippen LogP contribution in [0, 0.1) is 6.92 Å². The van der Waals surface area contributed by atoms with Crippen LogP contribution >= 0.6 is 0 Å². The smallest absolute Gasteiger partial charge is 0.340 e. The van der Waals surface area contributed by atoms with Gasteiger partial charge in [0.2, 0.25) is 0 Å². The molecule has 0 spiro atoms. The Labute approximate surface area is 173 Å². The van der Waals surface area contributed by atoms with Gasteiger partial charge in [-0.25, -0.2) is 14.8 Å². The number of para-hydroxylation sites is 1. The number of aromatic nitrogens is 2. The number of nitrogens with two attached hydrogens (primary N) is 1. The van der Waals surface area contributed by atoms with Crippen molar-refractivity contribution in [1.29, 1.82) is 0 Å². The number of hydrazine groups is 1. The van der Waals surface area contributed by atoms with Gasteiger partial charge in [-0.3, -0.25) is 15.6 Å². The second-order valence-electron chi connectivity index (χ2n) is 6.27. The quantitative estimate of drug-likeness (QED) is 0.348. The van der Waals surface area contributed by atoms with Crippen LogP contribution in [0.2, 0.25) is 0 Å². The van der Waals surface area contributed by atoms with Gasteiger partial charge in [0, 0.05) is 5.56 Å². The number of carbonyl (C=O) groups excluding carboxylic acids is 2. The maximum absolute atomic E-state index is 12.4. The fourth-order valence-electron chi connectivity index (χ4n) is 2.71. The van der Waals surface area contributed by atoms with Gasteiger partial charge in [-0.05, 0) is 37.6 Å². The normalized spacial score (nSPS) is 10.2. The van der Waals surface area contributed by atoms with Gasteiger partial charge < -0.3 is 15.8 Å². The van der Waals surface area contributed by atoms with Crippen LogP contribution in [0.5, 0.6) is 0 Å². The molecule has 0 unspecified atom stereocenters. The monoisotopic (exact) mass is 406 g/mol. The zero-order chi connectivity index (χ0) is 21.5. The zero-order valence-electron chi connectivity index (χ0n) is 16.6. The summed E-state index contributed by atoms with van der Waals surface area (Å²) in [6.45, 7) is 3.84. The first-order valence-electron chi connectivity index (χ1n) is 9.27. The highest BCUT2D eigenvalue weighted by Crippen LogP contribution is 2.27. The van der Waals surface area contributed by atoms with E-state index in [9.17, 15) is 9.59 Å². The predicted octanol–water partition coefficient (Wildman–Crippen LogP) is 3.04. The molecular formula is C21H22N6O3. The number of esters is 1. The zero-order valence-corrected chi connectivity index (χ0v) is 16.6. The number of hydrogen-bond donors (Lipinski definition) is 4. The third kappa shape index (κ3) is 4.64. The van der Waals surface area contributed by atoms with Crippen LogP contribution < -0.4 is 21.9 Å². The molecule has 2 aromatic carbocycles. The van der Waals surface area contributed by atoms with Gasteiger partial charge >= 0.3 is 5.97 Å². The van der Waals surface area contributed by atoms with E-state index in [1.165, 1.54) is 6.33 Å². The van der Waals surface area contributed by atoms with Gasteiger partial charge in [-0.1, -0.05) is 30.3 Å². The first-order valence-corrected chi connectivity index (χ1v) is 9.27. The van der Waals surface area contributed by atoms with E-state index in [0.717, 1.165) is 5.56 Å². The number of carbonyl (C=O) groups is 2. The van der Waals surface area contributed by atoms with E-state index in [4.69, 9.17) is 10.5 Å². The average Bonchev–Trinajstić information content (AvgIpc) is 2.75. The molecule has 1 heterocycles. The summed E-state index contributed by atoms with van der Waals surface area (Å²) >= 11 is 0. The molecular weight excluding hydrogens is 384 g/mol. The van der Waals surface area contributed by atoms with Crippen LogP contribution in [-0.4, -0.2) is 28.5 Å². The number of nitrogens with one attached hydrogen (secondary N) is 3. The lowest BCUT2D eigenvalue weighted by atomic mass is 10.1. The van der Waals surface area contributed by atoms with Crippen molar-refractivity contribution in [3.8, 4) is 0 Å². The molecule has 9 heteroatoms. The summed E-state index contributed by atoms with van der Waals surface area (Å²) in [6.07, 6.45) is 1.29. The molecule has 0 radical (unpaired) electrons. The fraction of sp³-hybridized carbons (Fsp3) is 0.143. The van der Waals surface area contributed by atoms with Crippen LogP contribution in [0.15, 0.2) is 54.9 Å². The number of nitrogens with zero attached hydrogens (tertiary/aromatic N) is 2. The number of anilines is 4. The Kier molecular flexibility index (Phi) is 6.43. The lowest BCUT2D eigenvalue weighted by Crippen LogP contribution is -2.31.